The maximum absolute atomic E-state index is 12.4. The number of hydrogen-bond acceptors (Lipinski definition) is 10. The predicted octanol–water partition coefficient (Wildman–Crippen LogP) is 4.79. The van der Waals surface area contributed by atoms with E-state index < -0.39 is 30.2 Å². The number of urea groups is 1. The molecule has 4 rings (SSSR count). The number of halogens is 2. The van der Waals surface area contributed by atoms with Crippen molar-refractivity contribution in [3.63, 3.8) is 0 Å². The summed E-state index contributed by atoms with van der Waals surface area (Å²) in [5, 5.41) is 29.2. The second kappa shape index (κ2) is 16.0. The monoisotopic (exact) mass is 686 g/mol. The van der Waals surface area contributed by atoms with Crippen LogP contribution in [-0.4, -0.2) is 60.9 Å². The molecule has 0 spiro atoms. The molecule has 2 amide bonds. The number of carboxylic acids is 1. The van der Waals surface area contributed by atoms with Gasteiger partial charge in [-0.15, -0.1) is 0 Å². The molecule has 1 heterocycles. The number of nitrogens with one attached hydrogen (secondary N) is 3. The number of hydrogen-bond donors (Lipinski definition) is 5. The van der Waals surface area contributed by atoms with Crippen LogP contribution in [-0.2, 0) is 16.1 Å². The van der Waals surface area contributed by atoms with Crippen LogP contribution >= 0.6 is 23.2 Å². The molecule has 1 aliphatic heterocycles. The third-order valence-electron chi connectivity index (χ3n) is 6.71. The Labute approximate surface area is 280 Å². The number of aliphatic hydroxyl groups excluding tert-OH is 1. The van der Waals surface area contributed by atoms with Gasteiger partial charge >= 0.3 is 18.0 Å². The van der Waals surface area contributed by atoms with Crippen molar-refractivity contribution in [1.82, 2.24) is 16.1 Å². The van der Waals surface area contributed by atoms with Gasteiger partial charge in [0, 0.05) is 5.70 Å². The molecule has 2 atom stereocenters. The minimum Gasteiger partial charge on any atom is -0.490 e. The van der Waals surface area contributed by atoms with Crippen molar-refractivity contribution in [2.75, 3.05) is 20.3 Å². The molecule has 0 aromatic heterocycles. The maximum atomic E-state index is 12.4. The molecule has 0 unspecified atom stereocenters. The molecule has 248 valence electrons. The Hall–Kier alpha value is -4.98. The fourth-order valence-electron chi connectivity index (χ4n) is 4.51. The number of rotatable bonds is 14. The van der Waals surface area contributed by atoms with Gasteiger partial charge in [-0.1, -0.05) is 41.4 Å². The van der Waals surface area contributed by atoms with Gasteiger partial charge in [-0.25, -0.2) is 14.4 Å². The highest BCUT2D eigenvalue weighted by Gasteiger charge is 2.32. The number of aliphatic hydroxyl groups is 1. The van der Waals surface area contributed by atoms with Crippen LogP contribution in [0.25, 0.3) is 0 Å². The third kappa shape index (κ3) is 9.06. The number of hydrazone groups is 1. The number of carbonyl (C=O) groups is 3. The van der Waals surface area contributed by atoms with Crippen LogP contribution in [0.5, 0.6) is 17.2 Å². The van der Waals surface area contributed by atoms with Gasteiger partial charge in [0.25, 0.3) is 0 Å². The molecular weight excluding hydrogens is 655 g/mol. The molecule has 1 aliphatic rings. The van der Waals surface area contributed by atoms with Crippen LogP contribution < -0.4 is 30.3 Å². The zero-order valence-corrected chi connectivity index (χ0v) is 27.0. The van der Waals surface area contributed by atoms with E-state index in [-0.39, 0.29) is 40.1 Å². The van der Waals surface area contributed by atoms with Gasteiger partial charge in [-0.05, 0) is 66.9 Å². The summed E-state index contributed by atoms with van der Waals surface area (Å²) in [6.07, 6.45) is 0.180. The molecule has 15 heteroatoms. The topological polar surface area (TPSA) is 177 Å². The van der Waals surface area contributed by atoms with Crippen molar-refractivity contribution in [2.24, 2.45) is 5.10 Å². The molecule has 47 heavy (non-hydrogen) atoms. The van der Waals surface area contributed by atoms with Gasteiger partial charge in [0.2, 0.25) is 0 Å². The number of aromatic carboxylic acids is 1. The standard InChI is InChI=1S/C32H32Cl2N4O9/c1-4-45-25-13-21(28-27(31(42)44-3)17(2)36-32(43)37-28)9-10-24(25)46-16-26(39)38-35-14-19-11-22(33)29(23(34)12-19)47-15-18-5-7-20(8-6-18)30(40)41/h5-14,26,28,38-39H,4,15-16H2,1-3H3,(H,40,41)(H2,36,37,43)/b35-14-/t26-,28-/m1/s1. The average molecular weight is 688 g/mol. The predicted molar refractivity (Wildman–Crippen MR) is 173 cm³/mol. The van der Waals surface area contributed by atoms with Crippen LogP contribution in [0.3, 0.4) is 0 Å². The summed E-state index contributed by atoms with van der Waals surface area (Å²) in [6.45, 7) is 3.61. The fourth-order valence-corrected chi connectivity index (χ4v) is 5.12. The summed E-state index contributed by atoms with van der Waals surface area (Å²) in [4.78, 5) is 35.6. The number of allylic oxidation sites excluding steroid dienone is 1. The molecule has 3 aromatic carbocycles. The number of ether oxygens (including phenoxy) is 4. The first-order valence-electron chi connectivity index (χ1n) is 14.2. The van der Waals surface area contributed by atoms with Crippen LogP contribution in [0.15, 0.2) is 71.0 Å². The van der Waals surface area contributed by atoms with E-state index in [1.54, 1.807) is 56.3 Å². The van der Waals surface area contributed by atoms with E-state index in [2.05, 4.69) is 21.2 Å². The van der Waals surface area contributed by atoms with Crippen molar-refractivity contribution < 1.29 is 43.5 Å². The van der Waals surface area contributed by atoms with Crippen molar-refractivity contribution in [3.05, 3.63) is 98.2 Å². The second-order valence-corrected chi connectivity index (χ2v) is 10.8. The lowest BCUT2D eigenvalue weighted by Crippen LogP contribution is -2.45. The second-order valence-electron chi connectivity index (χ2n) is 10.0. The zero-order valence-electron chi connectivity index (χ0n) is 25.5. The van der Waals surface area contributed by atoms with Gasteiger partial charge in [0.15, 0.2) is 23.5 Å². The SMILES string of the molecule is CCOc1cc([C@H]2NC(=O)NC(C)=C2C(=O)OC)ccc1OC[C@@H](O)N/N=C\c1cc(Cl)c(OCc2ccc(C(=O)O)cc2)c(Cl)c1. The largest absolute Gasteiger partial charge is 0.490 e. The number of amides is 2. The van der Waals surface area contributed by atoms with E-state index in [9.17, 15) is 19.5 Å². The average Bonchev–Trinajstić information content (AvgIpc) is 3.03. The van der Waals surface area contributed by atoms with E-state index in [0.717, 1.165) is 5.56 Å². The summed E-state index contributed by atoms with van der Waals surface area (Å²) >= 11 is 12.7. The molecule has 13 nitrogen and oxygen atoms in total. The van der Waals surface area contributed by atoms with Crippen LogP contribution in [0.1, 0.15) is 46.9 Å². The number of benzene rings is 3. The molecule has 0 saturated carbocycles. The normalized spacial score (nSPS) is 15.0. The Kier molecular flexibility index (Phi) is 11.9. The van der Waals surface area contributed by atoms with Gasteiger partial charge < -0.3 is 39.8 Å². The lowest BCUT2D eigenvalue weighted by atomic mass is 9.95. The van der Waals surface area contributed by atoms with E-state index in [0.29, 0.717) is 34.9 Å². The summed E-state index contributed by atoms with van der Waals surface area (Å²) in [7, 11) is 1.26. The number of methoxy groups -OCH3 is 1. The summed E-state index contributed by atoms with van der Waals surface area (Å²) in [5.41, 5.74) is 5.14. The minimum atomic E-state index is -1.22. The van der Waals surface area contributed by atoms with E-state index in [4.69, 9.17) is 47.3 Å². The fraction of sp³-hybridized carbons (Fsp3) is 0.250. The van der Waals surface area contributed by atoms with Gasteiger partial charge in [0.05, 0.1) is 47.2 Å². The number of carboxylic acid groups (broad SMARTS) is 1. The highest BCUT2D eigenvalue weighted by Crippen LogP contribution is 2.36. The van der Waals surface area contributed by atoms with Crippen molar-refractivity contribution in [2.45, 2.75) is 32.7 Å². The first kappa shape index (κ1) is 34.9. The molecule has 0 radical (unpaired) electrons. The lowest BCUT2D eigenvalue weighted by Gasteiger charge is -2.28. The zero-order chi connectivity index (χ0) is 34.1. The summed E-state index contributed by atoms with van der Waals surface area (Å²) < 4.78 is 22.1. The minimum absolute atomic E-state index is 0.119. The number of carbonyl (C=O) groups excluding carboxylic acids is 2. The van der Waals surface area contributed by atoms with E-state index in [1.807, 2.05) is 0 Å². The molecule has 0 aliphatic carbocycles. The molecule has 0 fully saturated rings. The Morgan fingerprint density at radius 3 is 2.38 bits per heavy atom. The molecule has 5 N–H and O–H groups in total. The molecular formula is C32H32Cl2N4O9. The highest BCUT2D eigenvalue weighted by atomic mass is 35.5. The lowest BCUT2D eigenvalue weighted by molar-refractivity contribution is -0.136. The quantitative estimate of drug-likeness (QED) is 0.0686. The van der Waals surface area contributed by atoms with Gasteiger partial charge in [-0.2, -0.15) is 5.10 Å². The third-order valence-corrected chi connectivity index (χ3v) is 7.28. The van der Waals surface area contributed by atoms with Crippen molar-refractivity contribution in [1.29, 1.82) is 0 Å². The smallest absolute Gasteiger partial charge is 0.337 e. The Morgan fingerprint density at radius 1 is 1.04 bits per heavy atom. The maximum Gasteiger partial charge on any atom is 0.337 e. The van der Waals surface area contributed by atoms with Crippen LogP contribution in [0, 0.1) is 0 Å². The van der Waals surface area contributed by atoms with Gasteiger partial charge in [-0.3, -0.25) is 5.43 Å². The summed E-state index contributed by atoms with van der Waals surface area (Å²) in [6, 6.07) is 13.0. The van der Waals surface area contributed by atoms with Crippen molar-refractivity contribution >= 4 is 47.4 Å². The Balaban J connectivity index is 1.36. The molecule has 0 bridgehead atoms. The first-order valence-corrected chi connectivity index (χ1v) is 14.9. The summed E-state index contributed by atoms with van der Waals surface area (Å²) in [5.74, 6) is -0.718. The van der Waals surface area contributed by atoms with Crippen LogP contribution in [0.2, 0.25) is 10.0 Å². The van der Waals surface area contributed by atoms with E-state index in [1.165, 1.54) is 25.5 Å². The van der Waals surface area contributed by atoms with Crippen molar-refractivity contribution in [3.8, 4) is 17.2 Å². The Bertz CT molecular complexity index is 1670. The van der Waals surface area contributed by atoms with E-state index >= 15 is 0 Å². The van der Waals surface area contributed by atoms with Gasteiger partial charge in [0.1, 0.15) is 13.2 Å². The first-order chi connectivity index (χ1) is 22.5. The number of nitrogens with zero attached hydrogens (tertiary/aromatic N) is 1. The highest BCUT2D eigenvalue weighted by molar-refractivity contribution is 6.37. The molecule has 3 aromatic rings. The van der Waals surface area contributed by atoms with Crippen LogP contribution in [0.4, 0.5) is 4.79 Å². The number of esters is 1. The Morgan fingerprint density at radius 2 is 1.74 bits per heavy atom. The molecule has 0 saturated heterocycles.